The zero-order chi connectivity index (χ0) is 14.6. The summed E-state index contributed by atoms with van der Waals surface area (Å²) in [5, 5.41) is 0. The van der Waals surface area contributed by atoms with Crippen LogP contribution in [0.2, 0.25) is 0 Å². The zero-order valence-electron chi connectivity index (χ0n) is 12.9. The van der Waals surface area contributed by atoms with Crippen molar-refractivity contribution in [3.05, 3.63) is 12.7 Å². The average molecular weight is 282 g/mol. The van der Waals surface area contributed by atoms with E-state index in [4.69, 9.17) is 9.47 Å². The van der Waals surface area contributed by atoms with E-state index in [1.165, 1.54) is 44.6 Å². The van der Waals surface area contributed by atoms with Crippen LogP contribution in [0.1, 0.15) is 71.1 Å². The van der Waals surface area contributed by atoms with Crippen LogP contribution < -0.4 is 0 Å². The summed E-state index contributed by atoms with van der Waals surface area (Å²) in [6.07, 6.45) is 13.1. The van der Waals surface area contributed by atoms with Crippen LogP contribution in [-0.2, 0) is 14.3 Å². The summed E-state index contributed by atoms with van der Waals surface area (Å²) in [4.78, 5) is 11.3. The SMILES string of the molecule is C=CC(=O)OC1CCCCC1OCCCCCCCC. The molecule has 2 unspecified atom stereocenters. The van der Waals surface area contributed by atoms with Gasteiger partial charge in [-0.2, -0.15) is 0 Å². The molecule has 1 aliphatic rings. The van der Waals surface area contributed by atoms with Crippen LogP contribution in [0.15, 0.2) is 12.7 Å². The minimum Gasteiger partial charge on any atom is -0.456 e. The highest BCUT2D eigenvalue weighted by molar-refractivity contribution is 5.81. The molecule has 0 radical (unpaired) electrons. The van der Waals surface area contributed by atoms with E-state index in [2.05, 4.69) is 13.5 Å². The van der Waals surface area contributed by atoms with Crippen molar-refractivity contribution in [2.45, 2.75) is 83.3 Å². The lowest BCUT2D eigenvalue weighted by Crippen LogP contribution is -2.36. The lowest BCUT2D eigenvalue weighted by Gasteiger charge is -2.30. The average Bonchev–Trinajstić information content (AvgIpc) is 2.47. The molecular formula is C17H30O3. The van der Waals surface area contributed by atoms with Crippen molar-refractivity contribution in [2.75, 3.05) is 6.61 Å². The minimum absolute atomic E-state index is 0.0747. The molecule has 2 atom stereocenters. The van der Waals surface area contributed by atoms with E-state index in [1.54, 1.807) is 0 Å². The van der Waals surface area contributed by atoms with Gasteiger partial charge in [0, 0.05) is 12.7 Å². The van der Waals surface area contributed by atoms with E-state index in [-0.39, 0.29) is 18.2 Å². The molecule has 0 aliphatic heterocycles. The summed E-state index contributed by atoms with van der Waals surface area (Å²) in [6, 6.07) is 0. The predicted molar refractivity (Wildman–Crippen MR) is 81.7 cm³/mol. The maximum absolute atomic E-state index is 11.3. The fraction of sp³-hybridized carbons (Fsp3) is 0.824. The van der Waals surface area contributed by atoms with Gasteiger partial charge in [0.1, 0.15) is 6.10 Å². The van der Waals surface area contributed by atoms with Crippen molar-refractivity contribution < 1.29 is 14.3 Å². The summed E-state index contributed by atoms with van der Waals surface area (Å²) in [5.74, 6) is -0.329. The Morgan fingerprint density at radius 2 is 1.75 bits per heavy atom. The Bertz CT molecular complexity index is 275. The Morgan fingerprint density at radius 3 is 2.45 bits per heavy atom. The molecule has 1 aliphatic carbocycles. The highest BCUT2D eigenvalue weighted by Gasteiger charge is 2.28. The second-order valence-corrected chi connectivity index (χ2v) is 5.64. The summed E-state index contributed by atoms with van der Waals surface area (Å²) in [5.41, 5.74) is 0. The molecule has 1 rings (SSSR count). The Hall–Kier alpha value is -0.830. The Morgan fingerprint density at radius 1 is 1.10 bits per heavy atom. The number of carbonyl (C=O) groups excluding carboxylic acids is 1. The summed E-state index contributed by atoms with van der Waals surface area (Å²) in [7, 11) is 0. The lowest BCUT2D eigenvalue weighted by atomic mass is 9.94. The van der Waals surface area contributed by atoms with Crippen LogP contribution in [0.25, 0.3) is 0 Å². The monoisotopic (exact) mass is 282 g/mol. The molecule has 0 aromatic heterocycles. The zero-order valence-corrected chi connectivity index (χ0v) is 12.9. The van der Waals surface area contributed by atoms with Crippen LogP contribution in [0.5, 0.6) is 0 Å². The molecule has 0 heterocycles. The van der Waals surface area contributed by atoms with Gasteiger partial charge in [0.2, 0.25) is 0 Å². The molecule has 3 nitrogen and oxygen atoms in total. The van der Waals surface area contributed by atoms with Crippen LogP contribution >= 0.6 is 0 Å². The first-order valence-corrected chi connectivity index (χ1v) is 8.22. The maximum atomic E-state index is 11.3. The molecule has 20 heavy (non-hydrogen) atoms. The van der Waals surface area contributed by atoms with Gasteiger partial charge >= 0.3 is 5.97 Å². The van der Waals surface area contributed by atoms with Crippen molar-refractivity contribution in [3.63, 3.8) is 0 Å². The summed E-state index contributed by atoms with van der Waals surface area (Å²) < 4.78 is 11.3. The molecule has 0 N–H and O–H groups in total. The number of carbonyl (C=O) groups is 1. The molecule has 0 aromatic carbocycles. The van der Waals surface area contributed by atoms with Crippen molar-refractivity contribution in [1.82, 2.24) is 0 Å². The van der Waals surface area contributed by atoms with E-state index < -0.39 is 0 Å². The fourth-order valence-corrected chi connectivity index (χ4v) is 2.70. The van der Waals surface area contributed by atoms with Gasteiger partial charge in [-0.1, -0.05) is 52.0 Å². The molecular weight excluding hydrogens is 252 g/mol. The lowest BCUT2D eigenvalue weighted by molar-refractivity contribution is -0.155. The standard InChI is InChI=1S/C17H30O3/c1-3-5-6-7-8-11-14-19-15-12-9-10-13-16(15)20-17(18)4-2/h4,15-16H,2-3,5-14H2,1H3. The van der Waals surface area contributed by atoms with E-state index in [9.17, 15) is 4.79 Å². The van der Waals surface area contributed by atoms with Crippen LogP contribution in [0.3, 0.4) is 0 Å². The Balaban J connectivity index is 2.15. The second kappa shape index (κ2) is 10.9. The smallest absolute Gasteiger partial charge is 0.330 e. The molecule has 1 saturated carbocycles. The van der Waals surface area contributed by atoms with Gasteiger partial charge in [0.15, 0.2) is 0 Å². The molecule has 0 bridgehead atoms. The highest BCUT2D eigenvalue weighted by atomic mass is 16.6. The highest BCUT2D eigenvalue weighted by Crippen LogP contribution is 2.24. The molecule has 116 valence electrons. The molecule has 0 spiro atoms. The van der Waals surface area contributed by atoms with Crippen LogP contribution in [0, 0.1) is 0 Å². The van der Waals surface area contributed by atoms with Crippen LogP contribution in [-0.4, -0.2) is 24.8 Å². The van der Waals surface area contributed by atoms with Crippen molar-refractivity contribution in [3.8, 4) is 0 Å². The van der Waals surface area contributed by atoms with Crippen molar-refractivity contribution in [2.24, 2.45) is 0 Å². The molecule has 1 fully saturated rings. The third-order valence-corrected chi connectivity index (χ3v) is 3.91. The van der Waals surface area contributed by atoms with Gasteiger partial charge in [-0.25, -0.2) is 4.79 Å². The number of rotatable bonds is 10. The number of unbranched alkanes of at least 4 members (excludes halogenated alkanes) is 5. The van der Waals surface area contributed by atoms with Gasteiger partial charge in [0.25, 0.3) is 0 Å². The molecule has 0 saturated heterocycles. The largest absolute Gasteiger partial charge is 0.456 e. The van der Waals surface area contributed by atoms with Gasteiger partial charge in [-0.05, 0) is 25.7 Å². The van der Waals surface area contributed by atoms with E-state index >= 15 is 0 Å². The van der Waals surface area contributed by atoms with Gasteiger partial charge < -0.3 is 9.47 Å². The normalized spacial score (nSPS) is 22.4. The van der Waals surface area contributed by atoms with Gasteiger partial charge in [-0.15, -0.1) is 0 Å². The Kier molecular flexibility index (Phi) is 9.38. The van der Waals surface area contributed by atoms with Gasteiger partial charge in [-0.3, -0.25) is 0 Å². The third kappa shape index (κ3) is 7.09. The topological polar surface area (TPSA) is 35.5 Å². The summed E-state index contributed by atoms with van der Waals surface area (Å²) in [6.45, 7) is 6.47. The molecule has 0 amide bonds. The number of esters is 1. The molecule has 3 heteroatoms. The summed E-state index contributed by atoms with van der Waals surface area (Å²) >= 11 is 0. The first kappa shape index (κ1) is 17.2. The number of ether oxygens (including phenoxy) is 2. The predicted octanol–water partition coefficient (Wildman–Crippen LogP) is 4.40. The molecule has 0 aromatic rings. The first-order chi connectivity index (χ1) is 9.77. The third-order valence-electron chi connectivity index (χ3n) is 3.91. The number of hydrogen-bond donors (Lipinski definition) is 0. The van der Waals surface area contributed by atoms with Gasteiger partial charge in [0.05, 0.1) is 6.10 Å². The van der Waals surface area contributed by atoms with E-state index in [1.807, 2.05) is 0 Å². The van der Waals surface area contributed by atoms with Crippen LogP contribution in [0.4, 0.5) is 0 Å². The van der Waals surface area contributed by atoms with Crippen molar-refractivity contribution >= 4 is 5.97 Å². The van der Waals surface area contributed by atoms with Crippen molar-refractivity contribution in [1.29, 1.82) is 0 Å². The number of hydrogen-bond acceptors (Lipinski definition) is 3. The Labute approximate surface area is 123 Å². The first-order valence-electron chi connectivity index (χ1n) is 8.22. The fourth-order valence-electron chi connectivity index (χ4n) is 2.70. The quantitative estimate of drug-likeness (QED) is 0.338. The van der Waals surface area contributed by atoms with E-state index in [0.717, 1.165) is 32.3 Å². The minimum atomic E-state index is -0.329. The van der Waals surface area contributed by atoms with E-state index in [0.29, 0.717) is 0 Å². The second-order valence-electron chi connectivity index (χ2n) is 5.64. The maximum Gasteiger partial charge on any atom is 0.330 e.